The zero-order valence-electron chi connectivity index (χ0n) is 14.3. The third-order valence-electron chi connectivity index (χ3n) is 5.74. The number of esters is 1. The van der Waals surface area contributed by atoms with Crippen LogP contribution in [0.25, 0.3) is 0 Å². The number of benzene rings is 1. The van der Waals surface area contributed by atoms with E-state index in [-0.39, 0.29) is 18.1 Å². The molecule has 2 saturated carbocycles. The van der Waals surface area contributed by atoms with Crippen LogP contribution in [0.4, 0.5) is 5.69 Å². The van der Waals surface area contributed by atoms with Crippen molar-refractivity contribution in [2.24, 2.45) is 23.7 Å². The van der Waals surface area contributed by atoms with E-state index in [1.165, 1.54) is 43.5 Å². The van der Waals surface area contributed by atoms with Crippen LogP contribution in [0, 0.1) is 33.8 Å². The highest BCUT2D eigenvalue weighted by atomic mass is 35.5. The molecule has 0 aliphatic heterocycles. The van der Waals surface area contributed by atoms with Gasteiger partial charge in [0.1, 0.15) is 6.61 Å². The third kappa shape index (κ3) is 4.50. The zero-order chi connectivity index (χ0) is 17.1. The molecule has 2 bridgehead atoms. The van der Waals surface area contributed by atoms with Gasteiger partial charge in [0.2, 0.25) is 0 Å². The lowest BCUT2D eigenvalue weighted by molar-refractivity contribution is -0.384. The van der Waals surface area contributed by atoms with Crippen LogP contribution < -0.4 is 5.32 Å². The fourth-order valence-corrected chi connectivity index (χ4v) is 4.34. The smallest absolute Gasteiger partial charge is 0.338 e. The Morgan fingerprint density at radius 1 is 1.28 bits per heavy atom. The molecule has 7 heteroatoms. The molecular weight excluding hydrogens is 344 g/mol. The summed E-state index contributed by atoms with van der Waals surface area (Å²) in [6, 6.07) is 5.46. The number of nitro benzene ring substituents is 1. The summed E-state index contributed by atoms with van der Waals surface area (Å²) in [5.41, 5.74) is 0.301. The van der Waals surface area contributed by atoms with Crippen molar-refractivity contribution in [3.05, 3.63) is 39.9 Å². The SMILES string of the molecule is CC1C2CCC(C2)C1CNCCOC(=O)c1ccc([N+](=O)[O-])cc1.Cl. The van der Waals surface area contributed by atoms with E-state index in [0.717, 1.165) is 30.2 Å². The van der Waals surface area contributed by atoms with Crippen molar-refractivity contribution in [2.75, 3.05) is 19.7 Å². The van der Waals surface area contributed by atoms with Gasteiger partial charge in [-0.25, -0.2) is 4.79 Å². The van der Waals surface area contributed by atoms with Gasteiger partial charge in [-0.05, 0) is 61.6 Å². The number of nitro groups is 1. The van der Waals surface area contributed by atoms with E-state index in [2.05, 4.69) is 12.2 Å². The lowest BCUT2D eigenvalue weighted by Crippen LogP contribution is -2.33. The van der Waals surface area contributed by atoms with Crippen molar-refractivity contribution in [1.29, 1.82) is 0 Å². The maximum atomic E-state index is 11.9. The second-order valence-corrected chi connectivity index (χ2v) is 7.00. The van der Waals surface area contributed by atoms with E-state index in [1.807, 2.05) is 0 Å². The van der Waals surface area contributed by atoms with Crippen LogP contribution in [-0.4, -0.2) is 30.6 Å². The molecule has 0 radical (unpaired) electrons. The quantitative estimate of drug-likeness (QED) is 0.345. The summed E-state index contributed by atoms with van der Waals surface area (Å²) in [6.45, 7) is 4.31. The van der Waals surface area contributed by atoms with Gasteiger partial charge in [-0.1, -0.05) is 6.92 Å². The Morgan fingerprint density at radius 2 is 1.96 bits per heavy atom. The number of carbonyl (C=O) groups is 1. The number of hydrogen-bond acceptors (Lipinski definition) is 5. The van der Waals surface area contributed by atoms with Gasteiger partial charge in [-0.2, -0.15) is 0 Å². The van der Waals surface area contributed by atoms with Gasteiger partial charge in [-0.15, -0.1) is 12.4 Å². The summed E-state index contributed by atoms with van der Waals surface area (Å²) in [5, 5.41) is 14.0. The zero-order valence-corrected chi connectivity index (χ0v) is 15.2. The molecule has 2 aliphatic rings. The van der Waals surface area contributed by atoms with Gasteiger partial charge >= 0.3 is 5.97 Å². The molecule has 0 spiro atoms. The molecule has 1 aromatic rings. The van der Waals surface area contributed by atoms with E-state index in [0.29, 0.717) is 18.7 Å². The van der Waals surface area contributed by atoms with E-state index < -0.39 is 10.9 Å². The first-order valence-electron chi connectivity index (χ1n) is 8.68. The predicted molar refractivity (Wildman–Crippen MR) is 97.0 cm³/mol. The summed E-state index contributed by atoms with van der Waals surface area (Å²) in [7, 11) is 0. The maximum absolute atomic E-state index is 11.9. The number of halogens is 1. The van der Waals surface area contributed by atoms with Crippen molar-refractivity contribution >= 4 is 24.1 Å². The molecule has 2 fully saturated rings. The predicted octanol–water partition coefficient (Wildman–Crippen LogP) is 3.45. The molecule has 6 nitrogen and oxygen atoms in total. The van der Waals surface area contributed by atoms with Crippen molar-refractivity contribution in [3.63, 3.8) is 0 Å². The number of non-ortho nitro benzene ring substituents is 1. The number of fused-ring (bicyclic) bond motifs is 2. The van der Waals surface area contributed by atoms with Gasteiger partial charge < -0.3 is 10.1 Å². The fourth-order valence-electron chi connectivity index (χ4n) is 4.34. The van der Waals surface area contributed by atoms with Gasteiger partial charge in [0.15, 0.2) is 0 Å². The van der Waals surface area contributed by atoms with Gasteiger partial charge in [0.25, 0.3) is 5.69 Å². The minimum Gasteiger partial charge on any atom is -0.461 e. The number of hydrogen-bond donors (Lipinski definition) is 1. The molecule has 4 unspecified atom stereocenters. The summed E-state index contributed by atoms with van der Waals surface area (Å²) >= 11 is 0. The number of nitrogens with zero attached hydrogens (tertiary/aromatic N) is 1. The average molecular weight is 369 g/mol. The molecule has 0 heterocycles. The van der Waals surface area contributed by atoms with Crippen LogP contribution in [0.15, 0.2) is 24.3 Å². The molecule has 25 heavy (non-hydrogen) atoms. The molecule has 138 valence electrons. The first-order valence-corrected chi connectivity index (χ1v) is 8.68. The van der Waals surface area contributed by atoms with Crippen molar-refractivity contribution in [2.45, 2.75) is 26.2 Å². The Labute approximate surface area is 153 Å². The standard InChI is InChI=1S/C18H24N2O4.ClH/c1-12-14-2-3-15(10-14)17(12)11-19-8-9-24-18(21)13-4-6-16(7-5-13)20(22)23;/h4-7,12,14-15,17,19H,2-3,8-11H2,1H3;1H. The number of carbonyl (C=O) groups excluding carboxylic acids is 1. The number of rotatable bonds is 7. The van der Waals surface area contributed by atoms with E-state index in [1.54, 1.807) is 0 Å². The molecule has 1 N–H and O–H groups in total. The Hall–Kier alpha value is -1.66. The second kappa shape index (κ2) is 8.63. The van der Waals surface area contributed by atoms with Crippen LogP contribution in [0.2, 0.25) is 0 Å². The van der Waals surface area contributed by atoms with E-state index >= 15 is 0 Å². The normalized spacial score (nSPS) is 26.9. The second-order valence-electron chi connectivity index (χ2n) is 7.00. The summed E-state index contributed by atoms with van der Waals surface area (Å²) in [6.07, 6.45) is 4.16. The Kier molecular flexibility index (Phi) is 6.79. The van der Waals surface area contributed by atoms with Crippen LogP contribution in [0.1, 0.15) is 36.5 Å². The first-order chi connectivity index (χ1) is 11.6. The first kappa shape index (κ1) is 19.7. The Bertz CT molecular complexity index is 606. The number of nitrogens with one attached hydrogen (secondary N) is 1. The minimum absolute atomic E-state index is 0. The minimum atomic E-state index is -0.490. The summed E-state index contributed by atoms with van der Waals surface area (Å²) < 4.78 is 5.21. The van der Waals surface area contributed by atoms with Crippen LogP contribution in [-0.2, 0) is 4.74 Å². The average Bonchev–Trinajstić information content (AvgIpc) is 3.17. The molecular formula is C18H25ClN2O4. The molecule has 3 rings (SSSR count). The molecule has 4 atom stereocenters. The largest absolute Gasteiger partial charge is 0.461 e. The van der Waals surface area contributed by atoms with Crippen molar-refractivity contribution in [1.82, 2.24) is 5.32 Å². The summed E-state index contributed by atoms with van der Waals surface area (Å²) in [5.74, 6) is 2.91. The third-order valence-corrected chi connectivity index (χ3v) is 5.74. The highest BCUT2D eigenvalue weighted by Crippen LogP contribution is 2.51. The molecule has 1 aromatic carbocycles. The van der Waals surface area contributed by atoms with Crippen molar-refractivity contribution in [3.8, 4) is 0 Å². The lowest BCUT2D eigenvalue weighted by atomic mass is 9.80. The van der Waals surface area contributed by atoms with Crippen molar-refractivity contribution < 1.29 is 14.5 Å². The van der Waals surface area contributed by atoms with Crippen LogP contribution in [0.3, 0.4) is 0 Å². The fraction of sp³-hybridized carbons (Fsp3) is 0.611. The molecule has 0 amide bonds. The van der Waals surface area contributed by atoms with Gasteiger partial charge in [-0.3, -0.25) is 10.1 Å². The van der Waals surface area contributed by atoms with Crippen LogP contribution >= 0.6 is 12.4 Å². The van der Waals surface area contributed by atoms with Gasteiger partial charge in [0, 0.05) is 18.7 Å². The van der Waals surface area contributed by atoms with E-state index in [9.17, 15) is 14.9 Å². The maximum Gasteiger partial charge on any atom is 0.338 e. The highest BCUT2D eigenvalue weighted by Gasteiger charge is 2.44. The Morgan fingerprint density at radius 3 is 2.56 bits per heavy atom. The lowest BCUT2D eigenvalue weighted by Gasteiger charge is -2.28. The molecule has 2 aliphatic carbocycles. The van der Waals surface area contributed by atoms with E-state index in [4.69, 9.17) is 4.74 Å². The number of ether oxygens (including phenoxy) is 1. The van der Waals surface area contributed by atoms with Gasteiger partial charge in [0.05, 0.1) is 10.5 Å². The summed E-state index contributed by atoms with van der Waals surface area (Å²) in [4.78, 5) is 22.0. The Balaban J connectivity index is 0.00000225. The van der Waals surface area contributed by atoms with Crippen LogP contribution in [0.5, 0.6) is 0 Å². The monoisotopic (exact) mass is 368 g/mol. The molecule has 0 aromatic heterocycles. The highest BCUT2D eigenvalue weighted by molar-refractivity contribution is 5.89. The molecule has 0 saturated heterocycles. The topological polar surface area (TPSA) is 81.5 Å².